The van der Waals surface area contributed by atoms with Gasteiger partial charge in [0, 0.05) is 30.4 Å². The number of nitrogens with one attached hydrogen (secondary N) is 1. The molecule has 2 aromatic rings. The molecular formula is C17H27N3. The van der Waals surface area contributed by atoms with E-state index in [1.165, 1.54) is 11.1 Å². The summed E-state index contributed by atoms with van der Waals surface area (Å²) < 4.78 is 1.83. The summed E-state index contributed by atoms with van der Waals surface area (Å²) in [6.07, 6.45) is 3.93. The Morgan fingerprint density at radius 3 is 2.15 bits per heavy atom. The van der Waals surface area contributed by atoms with Crippen LogP contribution in [0.25, 0.3) is 11.1 Å². The molecule has 1 unspecified atom stereocenters. The van der Waals surface area contributed by atoms with Gasteiger partial charge in [-0.15, -0.1) is 0 Å². The molecule has 0 aliphatic rings. The fourth-order valence-corrected chi connectivity index (χ4v) is 2.27. The van der Waals surface area contributed by atoms with Crippen LogP contribution in [0, 0.1) is 0 Å². The molecule has 0 radical (unpaired) electrons. The Hall–Kier alpha value is -1.61. The zero-order valence-corrected chi connectivity index (χ0v) is 12.4. The Morgan fingerprint density at radius 2 is 1.70 bits per heavy atom. The van der Waals surface area contributed by atoms with Crippen LogP contribution in [0.3, 0.4) is 0 Å². The predicted molar refractivity (Wildman–Crippen MR) is 86.7 cm³/mol. The number of nitrogens with zero attached hydrogens (tertiary/aromatic N) is 2. The first-order chi connectivity index (χ1) is 8.85. The molecule has 110 valence electrons. The molecule has 0 saturated carbocycles. The Labute approximate surface area is 123 Å². The molecule has 2 rings (SSSR count). The Bertz CT molecular complexity index is 532. The van der Waals surface area contributed by atoms with Crippen molar-refractivity contribution in [1.29, 1.82) is 0 Å². The van der Waals surface area contributed by atoms with Crippen LogP contribution in [0.15, 0.2) is 36.7 Å². The lowest BCUT2D eigenvalue weighted by Crippen LogP contribution is -2.37. The number of hydrogen-bond acceptors (Lipinski definition) is 2. The monoisotopic (exact) mass is 273 g/mol. The van der Waals surface area contributed by atoms with Gasteiger partial charge >= 0.3 is 0 Å². The van der Waals surface area contributed by atoms with Crippen LogP contribution in [0.2, 0.25) is 0 Å². The number of benzene rings is 1. The van der Waals surface area contributed by atoms with Gasteiger partial charge in [0.15, 0.2) is 0 Å². The van der Waals surface area contributed by atoms with Gasteiger partial charge in [-0.25, -0.2) is 0 Å². The molecular weight excluding hydrogens is 246 g/mol. The molecule has 3 heteroatoms. The van der Waals surface area contributed by atoms with E-state index >= 15 is 0 Å². The third-order valence-corrected chi connectivity index (χ3v) is 3.10. The minimum Gasteiger partial charge on any atom is -0.306 e. The van der Waals surface area contributed by atoms with E-state index in [-0.39, 0.29) is 13.0 Å². The summed E-state index contributed by atoms with van der Waals surface area (Å²) in [5.74, 6) is 0. The summed E-state index contributed by atoms with van der Waals surface area (Å²) in [5, 5.41) is 7.79. The van der Waals surface area contributed by atoms with Crippen molar-refractivity contribution in [2.75, 3.05) is 0 Å². The normalized spacial score (nSPS) is 12.8. The van der Waals surface area contributed by atoms with Gasteiger partial charge in [-0.3, -0.25) is 4.68 Å². The van der Waals surface area contributed by atoms with Crippen molar-refractivity contribution in [3.05, 3.63) is 42.2 Å². The first kappa shape index (κ1) is 16.4. The van der Waals surface area contributed by atoms with Crippen LogP contribution in [-0.4, -0.2) is 15.3 Å². The van der Waals surface area contributed by atoms with Crippen molar-refractivity contribution in [1.82, 2.24) is 15.1 Å². The van der Waals surface area contributed by atoms with E-state index in [9.17, 15) is 0 Å². The molecule has 1 N–H and O–H groups in total. The molecule has 1 aromatic carbocycles. The molecule has 1 aromatic heterocycles. The maximum atomic E-state index is 4.20. The summed E-state index contributed by atoms with van der Waals surface area (Å²) in [6, 6.07) is 9.04. The molecule has 3 nitrogen and oxygen atoms in total. The van der Waals surface area contributed by atoms with Crippen molar-refractivity contribution < 1.29 is 0 Å². The van der Waals surface area contributed by atoms with Crippen LogP contribution in [0.1, 0.15) is 46.7 Å². The molecule has 0 saturated heterocycles. The van der Waals surface area contributed by atoms with Gasteiger partial charge < -0.3 is 5.32 Å². The SMILES string of the molecule is C.CC(NC(C)(C)C)c1ccc(-c2cnn(C)c2)cc1. The van der Waals surface area contributed by atoms with Gasteiger partial charge in [0.05, 0.1) is 6.20 Å². The highest BCUT2D eigenvalue weighted by atomic mass is 15.2. The highest BCUT2D eigenvalue weighted by Crippen LogP contribution is 2.22. The van der Waals surface area contributed by atoms with Crippen LogP contribution in [-0.2, 0) is 7.05 Å². The quantitative estimate of drug-likeness (QED) is 0.909. The highest BCUT2D eigenvalue weighted by Gasteiger charge is 2.14. The van der Waals surface area contributed by atoms with E-state index in [1.807, 2.05) is 24.1 Å². The van der Waals surface area contributed by atoms with Gasteiger partial charge in [0.1, 0.15) is 0 Å². The van der Waals surface area contributed by atoms with E-state index in [0.29, 0.717) is 6.04 Å². The second-order valence-electron chi connectivity index (χ2n) is 6.14. The van der Waals surface area contributed by atoms with Crippen LogP contribution in [0.5, 0.6) is 0 Å². The molecule has 20 heavy (non-hydrogen) atoms. The third kappa shape index (κ3) is 4.20. The largest absolute Gasteiger partial charge is 0.306 e. The number of hydrogen-bond donors (Lipinski definition) is 1. The molecule has 0 amide bonds. The molecule has 1 heterocycles. The standard InChI is InChI=1S/C16H23N3.CH4/c1-12(18-16(2,3)4)13-6-8-14(9-7-13)15-10-17-19(5)11-15;/h6-12,18H,1-5H3;1H4. The second-order valence-corrected chi connectivity index (χ2v) is 6.14. The van der Waals surface area contributed by atoms with Gasteiger partial charge in [0.2, 0.25) is 0 Å². The van der Waals surface area contributed by atoms with E-state index < -0.39 is 0 Å². The van der Waals surface area contributed by atoms with Crippen molar-refractivity contribution in [3.8, 4) is 11.1 Å². The zero-order valence-electron chi connectivity index (χ0n) is 12.4. The van der Waals surface area contributed by atoms with Crippen molar-refractivity contribution >= 4 is 0 Å². The van der Waals surface area contributed by atoms with Gasteiger partial charge in [-0.1, -0.05) is 31.7 Å². The third-order valence-electron chi connectivity index (χ3n) is 3.10. The lowest BCUT2D eigenvalue weighted by Gasteiger charge is -2.26. The highest BCUT2D eigenvalue weighted by molar-refractivity contribution is 5.62. The first-order valence-corrected chi connectivity index (χ1v) is 6.72. The van der Waals surface area contributed by atoms with Crippen molar-refractivity contribution in [2.45, 2.75) is 46.7 Å². The predicted octanol–water partition coefficient (Wildman–Crippen LogP) is 4.17. The van der Waals surface area contributed by atoms with Crippen molar-refractivity contribution in [2.24, 2.45) is 7.05 Å². The van der Waals surface area contributed by atoms with E-state index in [1.54, 1.807) is 0 Å². The lowest BCUT2D eigenvalue weighted by molar-refractivity contribution is 0.378. The van der Waals surface area contributed by atoms with Gasteiger partial charge in [-0.05, 0) is 38.8 Å². The summed E-state index contributed by atoms with van der Waals surface area (Å²) in [4.78, 5) is 0. The average molecular weight is 273 g/mol. The Morgan fingerprint density at radius 1 is 1.10 bits per heavy atom. The Kier molecular flexibility index (Phi) is 5.12. The van der Waals surface area contributed by atoms with Crippen molar-refractivity contribution in [3.63, 3.8) is 0 Å². The fraction of sp³-hybridized carbons (Fsp3) is 0.471. The topological polar surface area (TPSA) is 29.9 Å². The summed E-state index contributed by atoms with van der Waals surface area (Å²) in [5.41, 5.74) is 3.80. The smallest absolute Gasteiger partial charge is 0.0568 e. The number of aryl methyl sites for hydroxylation is 1. The summed E-state index contributed by atoms with van der Waals surface area (Å²) >= 11 is 0. The molecule has 0 aliphatic heterocycles. The first-order valence-electron chi connectivity index (χ1n) is 6.72. The Balaban J connectivity index is 0.00000200. The van der Waals surface area contributed by atoms with E-state index in [0.717, 1.165) is 5.56 Å². The van der Waals surface area contributed by atoms with Crippen LogP contribution < -0.4 is 5.32 Å². The maximum absolute atomic E-state index is 4.20. The van der Waals surface area contributed by atoms with E-state index in [2.05, 4.69) is 62.4 Å². The van der Waals surface area contributed by atoms with Crippen LogP contribution >= 0.6 is 0 Å². The number of rotatable bonds is 3. The van der Waals surface area contributed by atoms with Gasteiger partial charge in [-0.2, -0.15) is 5.10 Å². The van der Waals surface area contributed by atoms with Gasteiger partial charge in [0.25, 0.3) is 0 Å². The minimum atomic E-state index is 0. The minimum absolute atomic E-state index is 0. The molecule has 0 aliphatic carbocycles. The molecule has 1 atom stereocenters. The fourth-order valence-electron chi connectivity index (χ4n) is 2.27. The second kappa shape index (κ2) is 6.23. The number of aromatic nitrogens is 2. The lowest BCUT2D eigenvalue weighted by atomic mass is 10.0. The van der Waals surface area contributed by atoms with Crippen LogP contribution in [0.4, 0.5) is 0 Å². The zero-order chi connectivity index (χ0) is 14.0. The summed E-state index contributed by atoms with van der Waals surface area (Å²) in [7, 11) is 1.94. The maximum Gasteiger partial charge on any atom is 0.0568 e. The molecule has 0 spiro atoms. The summed E-state index contributed by atoms with van der Waals surface area (Å²) in [6.45, 7) is 8.76. The molecule has 0 fully saturated rings. The average Bonchev–Trinajstić information content (AvgIpc) is 2.74. The van der Waals surface area contributed by atoms with E-state index in [4.69, 9.17) is 0 Å². The molecule has 0 bridgehead atoms.